The SMILES string of the molecule is COc1ccc(CNC(=S)Nc2nc(N3CCN(c4ccccc4)CC3)cc(N3CCc4ccccc4C3)n2)cc1. The van der Waals surface area contributed by atoms with Gasteiger partial charge in [-0.15, -0.1) is 0 Å². The van der Waals surface area contributed by atoms with E-state index in [1.165, 1.54) is 16.8 Å². The van der Waals surface area contributed by atoms with Crippen LogP contribution >= 0.6 is 12.2 Å². The number of benzene rings is 3. The molecule has 2 aliphatic rings. The average Bonchev–Trinajstić information content (AvgIpc) is 3.04. The summed E-state index contributed by atoms with van der Waals surface area (Å²) in [4.78, 5) is 17.0. The second-order valence-corrected chi connectivity index (χ2v) is 10.7. The molecule has 8 nitrogen and oxygen atoms in total. The topological polar surface area (TPSA) is 68.8 Å². The van der Waals surface area contributed by atoms with Gasteiger partial charge >= 0.3 is 0 Å². The number of aromatic nitrogens is 2. The highest BCUT2D eigenvalue weighted by Gasteiger charge is 2.23. The highest BCUT2D eigenvalue weighted by Crippen LogP contribution is 2.28. The Balaban J connectivity index is 1.19. The molecule has 9 heteroatoms. The fourth-order valence-electron chi connectivity index (χ4n) is 5.40. The van der Waals surface area contributed by atoms with Crippen molar-refractivity contribution in [1.82, 2.24) is 15.3 Å². The van der Waals surface area contributed by atoms with E-state index in [9.17, 15) is 0 Å². The van der Waals surface area contributed by atoms with Crippen LogP contribution in [-0.2, 0) is 19.5 Å². The van der Waals surface area contributed by atoms with E-state index in [-0.39, 0.29) is 0 Å². The molecule has 1 aromatic heterocycles. The monoisotopic (exact) mass is 565 g/mol. The van der Waals surface area contributed by atoms with Crippen LogP contribution in [0.3, 0.4) is 0 Å². The summed E-state index contributed by atoms with van der Waals surface area (Å²) in [5, 5.41) is 7.03. The number of thiocarbonyl (C=S) groups is 1. The summed E-state index contributed by atoms with van der Waals surface area (Å²) < 4.78 is 5.26. The maximum atomic E-state index is 5.64. The van der Waals surface area contributed by atoms with Crippen LogP contribution in [0, 0.1) is 0 Å². The van der Waals surface area contributed by atoms with Crippen LogP contribution in [0.15, 0.2) is 84.9 Å². The fourth-order valence-corrected chi connectivity index (χ4v) is 5.56. The average molecular weight is 566 g/mol. The van der Waals surface area contributed by atoms with E-state index in [1.807, 2.05) is 24.3 Å². The van der Waals surface area contributed by atoms with Crippen molar-refractivity contribution in [2.24, 2.45) is 0 Å². The van der Waals surface area contributed by atoms with Gasteiger partial charge in [-0.2, -0.15) is 9.97 Å². The smallest absolute Gasteiger partial charge is 0.232 e. The molecule has 210 valence electrons. The first-order chi connectivity index (χ1) is 20.1. The summed E-state index contributed by atoms with van der Waals surface area (Å²) in [7, 11) is 1.67. The zero-order valence-corrected chi connectivity index (χ0v) is 24.1. The molecule has 0 spiro atoms. The number of nitrogens with one attached hydrogen (secondary N) is 2. The summed E-state index contributed by atoms with van der Waals surface area (Å²) in [6.45, 7) is 5.97. The van der Waals surface area contributed by atoms with Gasteiger partial charge in [-0.1, -0.05) is 54.6 Å². The first-order valence-corrected chi connectivity index (χ1v) is 14.5. The van der Waals surface area contributed by atoms with Crippen molar-refractivity contribution in [3.63, 3.8) is 0 Å². The van der Waals surface area contributed by atoms with Gasteiger partial charge in [0.05, 0.1) is 7.11 Å². The molecule has 4 aromatic rings. The molecule has 2 aliphatic heterocycles. The second kappa shape index (κ2) is 12.4. The van der Waals surface area contributed by atoms with Crippen LogP contribution in [0.25, 0.3) is 0 Å². The largest absolute Gasteiger partial charge is 0.497 e. The highest BCUT2D eigenvalue weighted by molar-refractivity contribution is 7.80. The maximum absolute atomic E-state index is 5.64. The second-order valence-electron chi connectivity index (χ2n) is 10.3. The van der Waals surface area contributed by atoms with Crippen LogP contribution < -0.4 is 30.1 Å². The lowest BCUT2D eigenvalue weighted by atomic mass is 10.00. The fraction of sp³-hybridized carbons (Fsp3) is 0.281. The lowest BCUT2D eigenvalue weighted by molar-refractivity contribution is 0.414. The number of rotatable bonds is 7. The number of nitrogens with zero attached hydrogens (tertiary/aromatic N) is 5. The summed E-state index contributed by atoms with van der Waals surface area (Å²) in [6, 6.07) is 29.3. The Hall–Kier alpha value is -4.37. The molecule has 0 aliphatic carbocycles. The van der Waals surface area contributed by atoms with E-state index in [1.54, 1.807) is 7.11 Å². The molecule has 0 atom stereocenters. The minimum absolute atomic E-state index is 0.488. The van der Waals surface area contributed by atoms with E-state index in [4.69, 9.17) is 26.9 Å². The third-order valence-electron chi connectivity index (χ3n) is 7.72. The van der Waals surface area contributed by atoms with E-state index in [0.717, 1.165) is 68.6 Å². The zero-order valence-electron chi connectivity index (χ0n) is 23.3. The number of hydrogen-bond donors (Lipinski definition) is 2. The van der Waals surface area contributed by atoms with Crippen molar-refractivity contribution in [2.75, 3.05) is 59.9 Å². The first-order valence-electron chi connectivity index (χ1n) is 14.1. The molecular formula is C32H35N7OS. The standard InChI is InChI=1S/C32H35N7OS/c1-40-28-13-11-24(12-14-28)22-33-32(41)36-31-34-29(38-19-17-37(18-20-38)27-9-3-2-4-10-27)21-30(35-31)39-16-15-25-7-5-6-8-26(25)23-39/h2-14,21H,15-20,22-23H2,1H3,(H2,33,34,35,36,41). The van der Waals surface area contributed by atoms with Crippen molar-refractivity contribution in [1.29, 1.82) is 0 Å². The predicted octanol–water partition coefficient (Wildman–Crippen LogP) is 4.86. The van der Waals surface area contributed by atoms with Crippen LogP contribution in [-0.4, -0.2) is 54.9 Å². The van der Waals surface area contributed by atoms with Crippen molar-refractivity contribution in [3.8, 4) is 5.75 Å². The van der Waals surface area contributed by atoms with Gasteiger partial charge in [-0.3, -0.25) is 0 Å². The highest BCUT2D eigenvalue weighted by atomic mass is 32.1. The van der Waals surface area contributed by atoms with Gasteiger partial charge in [0.15, 0.2) is 5.11 Å². The number of hydrogen-bond acceptors (Lipinski definition) is 7. The van der Waals surface area contributed by atoms with Gasteiger partial charge in [-0.05, 0) is 59.6 Å². The Kier molecular flexibility index (Phi) is 8.13. The van der Waals surface area contributed by atoms with E-state index < -0.39 is 0 Å². The number of ether oxygens (including phenoxy) is 1. The minimum Gasteiger partial charge on any atom is -0.497 e. The molecule has 2 N–H and O–H groups in total. The van der Waals surface area contributed by atoms with Crippen LogP contribution in [0.5, 0.6) is 5.75 Å². The van der Waals surface area contributed by atoms with Gasteiger partial charge in [0.2, 0.25) is 5.95 Å². The number of anilines is 4. The lowest BCUT2D eigenvalue weighted by Gasteiger charge is -2.37. The van der Waals surface area contributed by atoms with E-state index in [0.29, 0.717) is 17.6 Å². The molecule has 0 unspecified atom stereocenters. The van der Waals surface area contributed by atoms with Gasteiger partial charge in [0.1, 0.15) is 17.4 Å². The Labute approximate surface area is 247 Å². The normalized spacial score (nSPS) is 14.8. The molecule has 41 heavy (non-hydrogen) atoms. The van der Waals surface area contributed by atoms with Crippen molar-refractivity contribution in [3.05, 3.63) is 102 Å². The molecule has 3 heterocycles. The molecule has 1 fully saturated rings. The third kappa shape index (κ3) is 6.52. The zero-order chi connectivity index (χ0) is 28.0. The number of fused-ring (bicyclic) bond motifs is 1. The molecule has 0 bridgehead atoms. The summed E-state index contributed by atoms with van der Waals surface area (Å²) in [5.41, 5.74) is 5.13. The first kappa shape index (κ1) is 26.8. The molecule has 0 saturated carbocycles. The molecule has 0 amide bonds. The third-order valence-corrected chi connectivity index (χ3v) is 7.96. The van der Waals surface area contributed by atoms with Gasteiger partial charge in [-0.25, -0.2) is 0 Å². The van der Waals surface area contributed by atoms with Crippen LogP contribution in [0.4, 0.5) is 23.3 Å². The Morgan fingerprint density at radius 3 is 2.17 bits per heavy atom. The lowest BCUT2D eigenvalue weighted by Crippen LogP contribution is -2.47. The van der Waals surface area contributed by atoms with Crippen LogP contribution in [0.1, 0.15) is 16.7 Å². The van der Waals surface area contributed by atoms with Gasteiger partial charge in [0.25, 0.3) is 0 Å². The Morgan fingerprint density at radius 2 is 1.44 bits per heavy atom. The van der Waals surface area contributed by atoms with Gasteiger partial charge < -0.3 is 30.1 Å². The number of piperazine rings is 1. The van der Waals surface area contributed by atoms with Crippen LogP contribution in [0.2, 0.25) is 0 Å². The summed E-state index contributed by atoms with van der Waals surface area (Å²) >= 11 is 5.64. The molecular weight excluding hydrogens is 530 g/mol. The summed E-state index contributed by atoms with van der Waals surface area (Å²) in [6.07, 6.45) is 0.996. The molecule has 3 aromatic carbocycles. The van der Waals surface area contributed by atoms with E-state index >= 15 is 0 Å². The Bertz CT molecular complexity index is 1470. The number of methoxy groups -OCH3 is 1. The van der Waals surface area contributed by atoms with Crippen molar-refractivity contribution in [2.45, 2.75) is 19.5 Å². The minimum atomic E-state index is 0.488. The van der Waals surface area contributed by atoms with Crippen molar-refractivity contribution >= 4 is 40.6 Å². The van der Waals surface area contributed by atoms with Gasteiger partial charge in [0, 0.05) is 57.6 Å². The summed E-state index contributed by atoms with van der Waals surface area (Å²) in [5.74, 6) is 3.17. The molecule has 6 rings (SSSR count). The van der Waals surface area contributed by atoms with Crippen molar-refractivity contribution < 1.29 is 4.74 Å². The number of para-hydroxylation sites is 1. The predicted molar refractivity (Wildman–Crippen MR) is 170 cm³/mol. The van der Waals surface area contributed by atoms with E-state index in [2.05, 4.69) is 86.0 Å². The maximum Gasteiger partial charge on any atom is 0.232 e. The molecule has 0 radical (unpaired) electrons. The molecule has 1 saturated heterocycles. The Morgan fingerprint density at radius 1 is 0.780 bits per heavy atom. The quantitative estimate of drug-likeness (QED) is 0.306.